The number of hydrogen-bond acceptors (Lipinski definition) is 8. The van der Waals surface area contributed by atoms with Gasteiger partial charge in [-0.25, -0.2) is 4.57 Å². The summed E-state index contributed by atoms with van der Waals surface area (Å²) < 4.78 is 33.0. The molecular formula is C59H110NO8P. The minimum Gasteiger partial charge on any atom is -0.462 e. The molecule has 0 aliphatic heterocycles. The fourth-order valence-corrected chi connectivity index (χ4v) is 9.11. The first-order valence-corrected chi connectivity index (χ1v) is 30.6. The molecule has 0 fully saturated rings. The number of phosphoric ester groups is 1. The summed E-state index contributed by atoms with van der Waals surface area (Å²) >= 11 is 0. The molecule has 0 rings (SSSR count). The van der Waals surface area contributed by atoms with E-state index in [4.69, 9.17) is 24.3 Å². The van der Waals surface area contributed by atoms with E-state index >= 15 is 0 Å². The van der Waals surface area contributed by atoms with Gasteiger partial charge in [-0.1, -0.05) is 242 Å². The van der Waals surface area contributed by atoms with E-state index in [1.165, 1.54) is 199 Å². The molecule has 2 atom stereocenters. The molecule has 0 aliphatic rings. The Morgan fingerprint density at radius 2 is 0.754 bits per heavy atom. The first kappa shape index (κ1) is 67.0. The second kappa shape index (κ2) is 55.3. The number of nitrogens with two attached hydrogens (primary N) is 1. The third-order valence-electron chi connectivity index (χ3n) is 12.7. The number of rotatable bonds is 55. The third-order valence-corrected chi connectivity index (χ3v) is 13.7. The molecule has 0 amide bonds. The predicted octanol–water partition coefficient (Wildman–Crippen LogP) is 18.2. The lowest BCUT2D eigenvalue weighted by molar-refractivity contribution is -0.161. The molecule has 2 unspecified atom stereocenters. The minimum atomic E-state index is -4.39. The van der Waals surface area contributed by atoms with Crippen LogP contribution in [0.2, 0.25) is 0 Å². The van der Waals surface area contributed by atoms with Crippen LogP contribution in [-0.2, 0) is 32.7 Å². The van der Waals surface area contributed by atoms with Crippen LogP contribution in [0.25, 0.3) is 0 Å². The molecule has 0 aromatic carbocycles. The van der Waals surface area contributed by atoms with Crippen LogP contribution in [0.5, 0.6) is 0 Å². The number of hydrogen-bond donors (Lipinski definition) is 2. The van der Waals surface area contributed by atoms with Crippen LogP contribution >= 0.6 is 7.82 Å². The van der Waals surface area contributed by atoms with Crippen LogP contribution in [0.3, 0.4) is 0 Å². The Morgan fingerprint density at radius 3 is 1.10 bits per heavy atom. The van der Waals surface area contributed by atoms with Crippen molar-refractivity contribution in [2.75, 3.05) is 26.4 Å². The Bertz CT molecular complexity index is 1270. The van der Waals surface area contributed by atoms with Gasteiger partial charge in [-0.2, -0.15) is 0 Å². The first-order chi connectivity index (χ1) is 33.8. The Hall–Kier alpha value is -2.03. The van der Waals surface area contributed by atoms with E-state index < -0.39 is 26.5 Å². The fourth-order valence-electron chi connectivity index (χ4n) is 8.35. The maximum Gasteiger partial charge on any atom is 0.472 e. The van der Waals surface area contributed by atoms with Crippen molar-refractivity contribution < 1.29 is 37.6 Å². The van der Waals surface area contributed by atoms with Gasteiger partial charge in [0.05, 0.1) is 13.2 Å². The molecule has 0 aromatic heterocycles. The second-order valence-electron chi connectivity index (χ2n) is 19.5. The predicted molar refractivity (Wildman–Crippen MR) is 293 cm³/mol. The summed E-state index contributed by atoms with van der Waals surface area (Å²) in [4.78, 5) is 35.2. The zero-order chi connectivity index (χ0) is 50.2. The van der Waals surface area contributed by atoms with Crippen molar-refractivity contribution in [3.05, 3.63) is 48.6 Å². The molecule has 0 saturated carbocycles. The summed E-state index contributed by atoms with van der Waals surface area (Å²) in [5.41, 5.74) is 5.38. The summed E-state index contributed by atoms with van der Waals surface area (Å²) in [5, 5.41) is 0. The van der Waals surface area contributed by atoms with Gasteiger partial charge >= 0.3 is 19.8 Å². The van der Waals surface area contributed by atoms with Crippen molar-refractivity contribution in [2.24, 2.45) is 5.73 Å². The largest absolute Gasteiger partial charge is 0.472 e. The lowest BCUT2D eigenvalue weighted by atomic mass is 10.0. The summed E-state index contributed by atoms with van der Waals surface area (Å²) in [6.07, 6.45) is 67.3. The van der Waals surface area contributed by atoms with E-state index in [-0.39, 0.29) is 38.6 Å². The van der Waals surface area contributed by atoms with Crippen molar-refractivity contribution in [3.8, 4) is 0 Å². The maximum absolute atomic E-state index is 12.7. The zero-order valence-corrected chi connectivity index (χ0v) is 45.9. The quantitative estimate of drug-likeness (QED) is 0.0264. The number of allylic oxidation sites excluding steroid dienone is 8. The van der Waals surface area contributed by atoms with E-state index in [0.717, 1.165) is 51.4 Å². The zero-order valence-electron chi connectivity index (χ0n) is 45.1. The number of ether oxygens (including phenoxy) is 2. The minimum absolute atomic E-state index is 0.0529. The molecule has 0 spiro atoms. The monoisotopic (exact) mass is 992 g/mol. The van der Waals surface area contributed by atoms with Crippen molar-refractivity contribution in [1.29, 1.82) is 0 Å². The highest BCUT2D eigenvalue weighted by atomic mass is 31.2. The van der Waals surface area contributed by atoms with Gasteiger partial charge in [0.1, 0.15) is 6.61 Å². The molecule has 0 bridgehead atoms. The van der Waals surface area contributed by atoms with Gasteiger partial charge in [-0.05, 0) is 77.0 Å². The molecule has 0 saturated heterocycles. The number of carbonyl (C=O) groups is 2. The van der Waals surface area contributed by atoms with Crippen molar-refractivity contribution in [3.63, 3.8) is 0 Å². The van der Waals surface area contributed by atoms with E-state index in [1.807, 2.05) is 0 Å². The molecule has 69 heavy (non-hydrogen) atoms. The van der Waals surface area contributed by atoms with Crippen molar-refractivity contribution in [1.82, 2.24) is 0 Å². The Morgan fingerprint density at radius 1 is 0.435 bits per heavy atom. The second-order valence-corrected chi connectivity index (χ2v) is 21.0. The van der Waals surface area contributed by atoms with Crippen molar-refractivity contribution in [2.45, 2.75) is 290 Å². The molecule has 3 N–H and O–H groups in total. The van der Waals surface area contributed by atoms with Gasteiger partial charge in [0.15, 0.2) is 6.10 Å². The number of esters is 2. The third kappa shape index (κ3) is 55.1. The van der Waals surface area contributed by atoms with E-state index in [0.29, 0.717) is 6.42 Å². The summed E-state index contributed by atoms with van der Waals surface area (Å²) in [5.74, 6) is -0.821. The van der Waals surface area contributed by atoms with E-state index in [2.05, 4.69) is 62.5 Å². The molecule has 0 aromatic rings. The van der Waals surface area contributed by atoms with Crippen LogP contribution in [0.4, 0.5) is 0 Å². The van der Waals surface area contributed by atoms with Crippen molar-refractivity contribution >= 4 is 19.8 Å². The SMILES string of the molecule is CCCCCCC/C=C\C/C=C\CCCCCCCCCCCCCCCC(=O)OC(COC(=O)CCCCCCCCCCCCC/C=C\C/C=C\CCCCCCC)COP(=O)(O)OCCN. The highest BCUT2D eigenvalue weighted by Gasteiger charge is 2.26. The molecular weight excluding hydrogens is 882 g/mol. The molecule has 10 heteroatoms. The van der Waals surface area contributed by atoms with E-state index in [9.17, 15) is 19.0 Å². The van der Waals surface area contributed by atoms with Gasteiger partial charge in [0.25, 0.3) is 0 Å². The van der Waals surface area contributed by atoms with Gasteiger partial charge in [0.2, 0.25) is 0 Å². The molecule has 9 nitrogen and oxygen atoms in total. The van der Waals surface area contributed by atoms with Gasteiger partial charge in [-0.3, -0.25) is 18.6 Å². The average Bonchev–Trinajstić information content (AvgIpc) is 3.34. The van der Waals surface area contributed by atoms with Crippen LogP contribution in [0, 0.1) is 0 Å². The van der Waals surface area contributed by atoms with Gasteiger partial charge < -0.3 is 20.1 Å². The van der Waals surface area contributed by atoms with Gasteiger partial charge in [-0.15, -0.1) is 0 Å². The number of carbonyl (C=O) groups excluding carboxylic acids is 2. The standard InChI is InChI=1S/C59H110NO8P/c1-3-5-7-9-11-13-15-17-19-21-23-25-27-28-30-32-34-36-38-40-42-44-46-48-50-52-59(62)68-57(56-67-69(63,64)66-54-53-60)55-65-58(61)51-49-47-45-43-41-39-37-35-33-31-29-26-24-22-20-18-16-14-12-10-8-6-4-2/h15-18,21-24,57H,3-14,19-20,25-56,60H2,1-2H3,(H,63,64)/b17-15-,18-16-,23-21-,24-22-. The maximum atomic E-state index is 12.7. The van der Waals surface area contributed by atoms with Crippen LogP contribution in [0.15, 0.2) is 48.6 Å². The lowest BCUT2D eigenvalue weighted by Gasteiger charge is -2.19. The van der Waals surface area contributed by atoms with E-state index in [1.54, 1.807) is 0 Å². The summed E-state index contributed by atoms with van der Waals surface area (Å²) in [6.45, 7) is 3.76. The highest BCUT2D eigenvalue weighted by molar-refractivity contribution is 7.47. The Kier molecular flexibility index (Phi) is 53.7. The fraction of sp³-hybridized carbons (Fsp3) is 0.831. The lowest BCUT2D eigenvalue weighted by Crippen LogP contribution is -2.29. The van der Waals surface area contributed by atoms with Gasteiger partial charge in [0, 0.05) is 19.4 Å². The number of unbranched alkanes of at least 4 members (excludes halogenated alkanes) is 34. The molecule has 404 valence electrons. The highest BCUT2D eigenvalue weighted by Crippen LogP contribution is 2.43. The van der Waals surface area contributed by atoms with Crippen LogP contribution in [-0.4, -0.2) is 49.3 Å². The smallest absolute Gasteiger partial charge is 0.462 e. The molecule has 0 aliphatic carbocycles. The van der Waals surface area contributed by atoms with Crippen LogP contribution in [0.1, 0.15) is 284 Å². The summed E-state index contributed by atoms with van der Waals surface area (Å²) in [7, 11) is -4.39. The topological polar surface area (TPSA) is 134 Å². The normalized spacial score (nSPS) is 13.4. The molecule has 0 heterocycles. The number of phosphoric acid groups is 1. The first-order valence-electron chi connectivity index (χ1n) is 29.1. The Labute approximate surface area is 426 Å². The summed E-state index contributed by atoms with van der Waals surface area (Å²) in [6, 6.07) is 0. The van der Waals surface area contributed by atoms with Crippen LogP contribution < -0.4 is 5.73 Å². The average molecular weight is 993 g/mol. The molecule has 0 radical (unpaired) electrons. The Balaban J connectivity index is 3.97.